The van der Waals surface area contributed by atoms with Crippen LogP contribution in [0, 0.1) is 0 Å². The molecule has 0 atom stereocenters. The van der Waals surface area contributed by atoms with E-state index in [4.69, 9.17) is 14.9 Å². The van der Waals surface area contributed by atoms with Gasteiger partial charge in [0.2, 0.25) is 0 Å². The van der Waals surface area contributed by atoms with Crippen molar-refractivity contribution in [3.05, 3.63) is 47.2 Å². The summed E-state index contributed by atoms with van der Waals surface area (Å²) in [7, 11) is 0. The number of rotatable bonds is 3. The molecule has 9 heteroatoms. The predicted octanol–water partition coefficient (Wildman–Crippen LogP) is 1.07. The van der Waals surface area contributed by atoms with Gasteiger partial charge in [0.15, 0.2) is 0 Å². The van der Waals surface area contributed by atoms with E-state index in [1.807, 2.05) is 12.1 Å². The quantitative estimate of drug-likeness (QED) is 0.567. The Morgan fingerprint density at radius 3 is 3.04 bits per heavy atom. The van der Waals surface area contributed by atoms with Crippen molar-refractivity contribution in [3.8, 4) is 11.3 Å². The normalized spacial score (nSPS) is 13.5. The standard InChI is InChI=1S/C14H10N6O3/c15-14-17-18-19-20(14)16-6-10-3-4-12(23-10)8-1-2-9-7-22-13(21)11(9)5-8/h1-6H,7H2,(H2,15,17,19)/b16-6+. The number of esters is 1. The Bertz CT molecular complexity index is 926. The van der Waals surface area contributed by atoms with Gasteiger partial charge < -0.3 is 14.9 Å². The first-order valence-electron chi connectivity index (χ1n) is 6.69. The summed E-state index contributed by atoms with van der Waals surface area (Å²) in [5, 5.41) is 14.4. The van der Waals surface area contributed by atoms with Crippen LogP contribution in [0.3, 0.4) is 0 Å². The number of nitrogen functional groups attached to an aromatic ring is 1. The van der Waals surface area contributed by atoms with E-state index in [1.165, 1.54) is 6.21 Å². The van der Waals surface area contributed by atoms with E-state index in [0.29, 0.717) is 23.7 Å². The summed E-state index contributed by atoms with van der Waals surface area (Å²) in [5.41, 5.74) is 7.73. The zero-order chi connectivity index (χ0) is 15.8. The predicted molar refractivity (Wildman–Crippen MR) is 78.5 cm³/mol. The third-order valence-electron chi connectivity index (χ3n) is 3.37. The third kappa shape index (κ3) is 2.33. The van der Waals surface area contributed by atoms with E-state index < -0.39 is 0 Å². The van der Waals surface area contributed by atoms with Gasteiger partial charge in [-0.1, -0.05) is 22.0 Å². The number of hydrogen-bond donors (Lipinski definition) is 1. The third-order valence-corrected chi connectivity index (χ3v) is 3.37. The maximum atomic E-state index is 11.6. The molecule has 4 rings (SSSR count). The number of nitrogens with zero attached hydrogens (tertiary/aromatic N) is 5. The first kappa shape index (κ1) is 13.2. The molecule has 0 aliphatic carbocycles. The lowest BCUT2D eigenvalue weighted by Crippen LogP contribution is -1.99. The van der Waals surface area contributed by atoms with Gasteiger partial charge in [0, 0.05) is 11.1 Å². The molecule has 0 unspecified atom stereocenters. The van der Waals surface area contributed by atoms with Gasteiger partial charge >= 0.3 is 5.97 Å². The SMILES string of the molecule is Nc1nnnn1/N=C/c1ccc(-c2ccc3c(c2)C(=O)OC3)o1. The summed E-state index contributed by atoms with van der Waals surface area (Å²) in [6.45, 7) is 0.317. The number of cyclic esters (lactones) is 1. The van der Waals surface area contributed by atoms with Crippen LogP contribution in [0.25, 0.3) is 11.3 Å². The highest BCUT2D eigenvalue weighted by molar-refractivity contribution is 5.94. The van der Waals surface area contributed by atoms with Gasteiger partial charge in [-0.3, -0.25) is 0 Å². The van der Waals surface area contributed by atoms with Crippen molar-refractivity contribution in [2.45, 2.75) is 6.61 Å². The zero-order valence-electron chi connectivity index (χ0n) is 11.7. The molecule has 0 amide bonds. The number of hydrogen-bond acceptors (Lipinski definition) is 8. The number of ether oxygens (including phenoxy) is 1. The van der Waals surface area contributed by atoms with E-state index in [-0.39, 0.29) is 11.9 Å². The van der Waals surface area contributed by atoms with E-state index in [2.05, 4.69) is 20.6 Å². The molecular formula is C14H10N6O3. The van der Waals surface area contributed by atoms with Crippen molar-refractivity contribution in [1.82, 2.24) is 20.3 Å². The smallest absolute Gasteiger partial charge is 0.338 e. The number of tetrazole rings is 1. The van der Waals surface area contributed by atoms with Crippen LogP contribution in [0.1, 0.15) is 21.7 Å². The van der Waals surface area contributed by atoms with Gasteiger partial charge in [0.25, 0.3) is 5.95 Å². The minimum atomic E-state index is -0.315. The minimum absolute atomic E-state index is 0.0742. The molecule has 2 N–H and O–H groups in total. The molecule has 0 spiro atoms. The van der Waals surface area contributed by atoms with Gasteiger partial charge in [0.05, 0.1) is 11.8 Å². The van der Waals surface area contributed by atoms with E-state index in [1.54, 1.807) is 18.2 Å². The zero-order valence-corrected chi connectivity index (χ0v) is 11.7. The van der Waals surface area contributed by atoms with Crippen molar-refractivity contribution < 1.29 is 13.9 Å². The lowest BCUT2D eigenvalue weighted by Gasteiger charge is -1.99. The van der Waals surface area contributed by atoms with Crippen molar-refractivity contribution in [2.75, 3.05) is 5.73 Å². The summed E-state index contributed by atoms with van der Waals surface area (Å²) in [6, 6.07) is 9.01. The Kier molecular flexibility index (Phi) is 2.90. The average Bonchev–Trinajstić information content (AvgIpc) is 3.26. The lowest BCUT2D eigenvalue weighted by atomic mass is 10.0. The summed E-state index contributed by atoms with van der Waals surface area (Å²) < 4.78 is 10.7. The first-order valence-corrected chi connectivity index (χ1v) is 6.69. The molecule has 3 aromatic rings. The molecule has 0 saturated carbocycles. The number of carbonyl (C=O) groups excluding carboxylic acids is 1. The molecule has 1 aliphatic rings. The maximum Gasteiger partial charge on any atom is 0.338 e. The van der Waals surface area contributed by atoms with Crippen LogP contribution in [0.2, 0.25) is 0 Å². The fraction of sp³-hybridized carbons (Fsp3) is 0.0714. The minimum Gasteiger partial charge on any atom is -0.457 e. The molecule has 114 valence electrons. The lowest BCUT2D eigenvalue weighted by molar-refractivity contribution is 0.0535. The Labute approximate surface area is 129 Å². The van der Waals surface area contributed by atoms with Gasteiger partial charge in [-0.15, -0.1) is 0 Å². The number of fused-ring (bicyclic) bond motifs is 1. The molecule has 0 fully saturated rings. The van der Waals surface area contributed by atoms with Crippen LogP contribution < -0.4 is 5.73 Å². The topological polar surface area (TPSA) is 121 Å². The van der Waals surface area contributed by atoms with Crippen molar-refractivity contribution in [1.29, 1.82) is 0 Å². The second-order valence-electron chi connectivity index (χ2n) is 4.82. The Balaban J connectivity index is 1.61. The molecule has 3 heterocycles. The number of benzene rings is 1. The molecule has 23 heavy (non-hydrogen) atoms. The highest BCUT2D eigenvalue weighted by atomic mass is 16.5. The van der Waals surface area contributed by atoms with Gasteiger partial charge in [-0.2, -0.15) is 5.10 Å². The average molecular weight is 310 g/mol. The number of anilines is 1. The van der Waals surface area contributed by atoms with Crippen LogP contribution in [0.15, 0.2) is 39.9 Å². The van der Waals surface area contributed by atoms with Crippen molar-refractivity contribution >= 4 is 18.1 Å². The number of furan rings is 1. The molecule has 9 nitrogen and oxygen atoms in total. The van der Waals surface area contributed by atoms with Crippen molar-refractivity contribution in [3.63, 3.8) is 0 Å². The van der Waals surface area contributed by atoms with E-state index >= 15 is 0 Å². The second kappa shape index (κ2) is 5.05. The molecule has 1 aliphatic heterocycles. The Morgan fingerprint density at radius 1 is 1.30 bits per heavy atom. The van der Waals surface area contributed by atoms with Crippen LogP contribution in [0.5, 0.6) is 0 Å². The van der Waals surface area contributed by atoms with Crippen LogP contribution >= 0.6 is 0 Å². The molecule has 0 bridgehead atoms. The number of aromatic nitrogens is 4. The number of carbonyl (C=O) groups is 1. The summed E-state index contributed by atoms with van der Waals surface area (Å²) in [6.07, 6.45) is 1.44. The molecule has 0 saturated heterocycles. The highest BCUT2D eigenvalue weighted by Crippen LogP contribution is 2.28. The molecule has 1 aromatic carbocycles. The summed E-state index contributed by atoms with van der Waals surface area (Å²) in [4.78, 5) is 12.7. The van der Waals surface area contributed by atoms with Gasteiger partial charge in [-0.25, -0.2) is 4.79 Å². The fourth-order valence-electron chi connectivity index (χ4n) is 2.23. The van der Waals surface area contributed by atoms with Crippen LogP contribution in [-0.4, -0.2) is 32.5 Å². The molecule has 0 radical (unpaired) electrons. The van der Waals surface area contributed by atoms with Gasteiger partial charge in [-0.05, 0) is 28.6 Å². The molecule has 2 aromatic heterocycles. The van der Waals surface area contributed by atoms with Crippen LogP contribution in [-0.2, 0) is 11.3 Å². The van der Waals surface area contributed by atoms with Crippen LogP contribution in [0.4, 0.5) is 5.95 Å². The molecular weight excluding hydrogens is 300 g/mol. The van der Waals surface area contributed by atoms with E-state index in [0.717, 1.165) is 15.9 Å². The first-order chi connectivity index (χ1) is 11.2. The largest absolute Gasteiger partial charge is 0.457 e. The van der Waals surface area contributed by atoms with Gasteiger partial charge in [0.1, 0.15) is 18.1 Å². The summed E-state index contributed by atoms with van der Waals surface area (Å²) >= 11 is 0. The fourth-order valence-corrected chi connectivity index (χ4v) is 2.23. The summed E-state index contributed by atoms with van der Waals surface area (Å²) in [5.74, 6) is 0.867. The number of nitrogens with two attached hydrogens (primary N) is 1. The monoisotopic (exact) mass is 310 g/mol. The maximum absolute atomic E-state index is 11.6. The van der Waals surface area contributed by atoms with E-state index in [9.17, 15) is 4.79 Å². The highest BCUT2D eigenvalue weighted by Gasteiger charge is 2.21. The Morgan fingerprint density at radius 2 is 2.22 bits per heavy atom. The Hall–Kier alpha value is -3.49. The van der Waals surface area contributed by atoms with Crippen molar-refractivity contribution in [2.24, 2.45) is 5.10 Å². The second-order valence-corrected chi connectivity index (χ2v) is 4.82.